The number of rotatable bonds is 7. The Bertz CT molecular complexity index is 516. The molecule has 0 spiro atoms. The van der Waals surface area contributed by atoms with E-state index in [0.717, 1.165) is 18.7 Å². The second-order valence-corrected chi connectivity index (χ2v) is 5.38. The van der Waals surface area contributed by atoms with Gasteiger partial charge in [0.25, 0.3) is 0 Å². The first-order valence-corrected chi connectivity index (χ1v) is 7.74. The van der Waals surface area contributed by atoms with Crippen LogP contribution in [0.2, 0.25) is 0 Å². The Hall–Kier alpha value is -1.81. The topological polar surface area (TPSA) is 24.8 Å². The minimum absolute atomic E-state index is 0.533. The fourth-order valence-electron chi connectivity index (χ4n) is 1.95. The molecule has 0 unspecified atom stereocenters. The van der Waals surface area contributed by atoms with Crippen molar-refractivity contribution in [1.82, 2.24) is 0 Å². The summed E-state index contributed by atoms with van der Waals surface area (Å²) in [4.78, 5) is 8.76. The highest BCUT2D eigenvalue weighted by Crippen LogP contribution is 2.14. The molecule has 1 aromatic carbocycles. The number of thiophene rings is 1. The molecule has 0 aliphatic rings. The van der Waals surface area contributed by atoms with E-state index < -0.39 is 0 Å². The third-order valence-corrected chi connectivity index (χ3v) is 3.93. The van der Waals surface area contributed by atoms with Crippen molar-refractivity contribution >= 4 is 23.2 Å². The van der Waals surface area contributed by atoms with E-state index in [-0.39, 0.29) is 0 Å². The lowest BCUT2D eigenvalue weighted by molar-refractivity contribution is 0.134. The summed E-state index contributed by atoms with van der Waals surface area (Å²) in [6.45, 7) is 6.90. The zero-order valence-corrected chi connectivity index (χ0v) is 12.8. The van der Waals surface area contributed by atoms with E-state index in [1.807, 2.05) is 17.5 Å². The summed E-state index contributed by atoms with van der Waals surface area (Å²) in [6.07, 6.45) is 1.75. The Kier molecular flexibility index (Phi) is 5.62. The molecule has 0 aliphatic heterocycles. The van der Waals surface area contributed by atoms with Crippen LogP contribution in [0.5, 0.6) is 0 Å². The van der Waals surface area contributed by atoms with Crippen LogP contribution in [0.25, 0.3) is 0 Å². The van der Waals surface area contributed by atoms with Gasteiger partial charge in [-0.3, -0.25) is 0 Å². The third kappa shape index (κ3) is 4.10. The van der Waals surface area contributed by atoms with Gasteiger partial charge in [0.2, 0.25) is 0 Å². The highest BCUT2D eigenvalue weighted by molar-refractivity contribution is 7.09. The second-order valence-electron chi connectivity index (χ2n) is 4.35. The van der Waals surface area contributed by atoms with Crippen LogP contribution >= 0.6 is 11.3 Å². The number of anilines is 1. The van der Waals surface area contributed by atoms with Crippen molar-refractivity contribution in [1.29, 1.82) is 0 Å². The van der Waals surface area contributed by atoms with Gasteiger partial charge in [0.05, 0.1) is 6.21 Å². The molecule has 0 N–H and O–H groups in total. The van der Waals surface area contributed by atoms with Crippen molar-refractivity contribution in [3.8, 4) is 0 Å². The van der Waals surface area contributed by atoms with Gasteiger partial charge in [0.1, 0.15) is 0 Å². The Morgan fingerprint density at radius 3 is 2.50 bits per heavy atom. The Morgan fingerprint density at radius 1 is 1.15 bits per heavy atom. The monoisotopic (exact) mass is 288 g/mol. The molecule has 4 heteroatoms. The molecule has 0 atom stereocenters. The Morgan fingerprint density at radius 2 is 1.90 bits per heavy atom. The van der Waals surface area contributed by atoms with E-state index in [1.54, 1.807) is 17.6 Å². The average Bonchev–Trinajstić information content (AvgIpc) is 3.00. The largest absolute Gasteiger partial charge is 0.390 e. The molecule has 0 saturated heterocycles. The lowest BCUT2D eigenvalue weighted by Crippen LogP contribution is -2.21. The van der Waals surface area contributed by atoms with E-state index in [9.17, 15) is 0 Å². The first-order valence-electron chi connectivity index (χ1n) is 6.86. The van der Waals surface area contributed by atoms with Gasteiger partial charge in [-0.05, 0) is 43.0 Å². The summed E-state index contributed by atoms with van der Waals surface area (Å²) in [5.74, 6) is 0. The molecule has 0 radical (unpaired) electrons. The molecule has 0 amide bonds. The molecule has 1 aromatic heterocycles. The Balaban J connectivity index is 1.86. The van der Waals surface area contributed by atoms with Crippen molar-refractivity contribution in [2.45, 2.75) is 20.5 Å². The normalized spacial score (nSPS) is 10.9. The van der Waals surface area contributed by atoms with Crippen molar-refractivity contribution in [3.63, 3.8) is 0 Å². The standard InChI is InChI=1S/C16H20N2OS/c1-3-18(4-2)15-9-7-14(8-10-15)12-17-19-13-16-6-5-11-20-16/h5-12H,3-4,13H2,1-2H3. The van der Waals surface area contributed by atoms with Gasteiger partial charge in [-0.2, -0.15) is 0 Å². The minimum Gasteiger partial charge on any atom is -0.390 e. The number of benzene rings is 1. The third-order valence-electron chi connectivity index (χ3n) is 3.08. The highest BCUT2D eigenvalue weighted by atomic mass is 32.1. The first kappa shape index (κ1) is 14.6. The van der Waals surface area contributed by atoms with Crippen LogP contribution in [0, 0.1) is 0 Å². The summed E-state index contributed by atoms with van der Waals surface area (Å²) in [7, 11) is 0. The maximum atomic E-state index is 5.27. The Labute approximate surface area is 124 Å². The lowest BCUT2D eigenvalue weighted by atomic mass is 10.2. The van der Waals surface area contributed by atoms with E-state index in [2.05, 4.69) is 48.2 Å². The summed E-state index contributed by atoms with van der Waals surface area (Å²) in [5, 5.41) is 6.04. The average molecular weight is 288 g/mol. The quantitative estimate of drug-likeness (QED) is 0.565. The molecule has 0 fully saturated rings. The molecule has 3 nitrogen and oxygen atoms in total. The number of hydrogen-bond acceptors (Lipinski definition) is 4. The fraction of sp³-hybridized carbons (Fsp3) is 0.312. The summed E-state index contributed by atoms with van der Waals surface area (Å²) >= 11 is 1.67. The van der Waals surface area contributed by atoms with Gasteiger partial charge in [-0.1, -0.05) is 23.4 Å². The van der Waals surface area contributed by atoms with Gasteiger partial charge in [-0.15, -0.1) is 11.3 Å². The van der Waals surface area contributed by atoms with Crippen LogP contribution in [-0.4, -0.2) is 19.3 Å². The van der Waals surface area contributed by atoms with E-state index in [1.165, 1.54) is 10.6 Å². The van der Waals surface area contributed by atoms with Crippen molar-refractivity contribution in [2.24, 2.45) is 5.16 Å². The summed E-state index contributed by atoms with van der Waals surface area (Å²) in [5.41, 5.74) is 2.29. The van der Waals surface area contributed by atoms with Crippen LogP contribution in [0.1, 0.15) is 24.3 Å². The van der Waals surface area contributed by atoms with Crippen LogP contribution in [0.15, 0.2) is 46.9 Å². The maximum Gasteiger partial charge on any atom is 0.151 e. The molecule has 0 bridgehead atoms. The van der Waals surface area contributed by atoms with E-state index >= 15 is 0 Å². The summed E-state index contributed by atoms with van der Waals surface area (Å²) in [6, 6.07) is 12.4. The first-order chi connectivity index (χ1) is 9.83. The molecule has 0 saturated carbocycles. The molecule has 106 valence electrons. The number of oxime groups is 1. The van der Waals surface area contributed by atoms with Crippen LogP contribution < -0.4 is 4.90 Å². The maximum absolute atomic E-state index is 5.27. The van der Waals surface area contributed by atoms with E-state index in [4.69, 9.17) is 4.84 Å². The lowest BCUT2D eigenvalue weighted by Gasteiger charge is -2.20. The van der Waals surface area contributed by atoms with Crippen molar-refractivity contribution in [2.75, 3.05) is 18.0 Å². The van der Waals surface area contributed by atoms with Gasteiger partial charge in [-0.25, -0.2) is 0 Å². The van der Waals surface area contributed by atoms with Crippen LogP contribution in [0.4, 0.5) is 5.69 Å². The highest BCUT2D eigenvalue weighted by Gasteiger charge is 2.00. The predicted molar refractivity (Wildman–Crippen MR) is 86.7 cm³/mol. The minimum atomic E-state index is 0.533. The molecular formula is C16H20N2OS. The number of nitrogens with zero attached hydrogens (tertiary/aromatic N) is 2. The van der Waals surface area contributed by atoms with Crippen molar-refractivity contribution in [3.05, 3.63) is 52.2 Å². The van der Waals surface area contributed by atoms with Gasteiger partial charge < -0.3 is 9.74 Å². The predicted octanol–water partition coefficient (Wildman–Crippen LogP) is 4.15. The van der Waals surface area contributed by atoms with Crippen LogP contribution in [-0.2, 0) is 11.4 Å². The molecular weight excluding hydrogens is 268 g/mol. The summed E-state index contributed by atoms with van der Waals surface area (Å²) < 4.78 is 0. The van der Waals surface area contributed by atoms with Gasteiger partial charge in [0, 0.05) is 23.7 Å². The molecule has 1 heterocycles. The second kappa shape index (κ2) is 7.70. The zero-order chi connectivity index (χ0) is 14.2. The van der Waals surface area contributed by atoms with Crippen molar-refractivity contribution < 1.29 is 4.84 Å². The van der Waals surface area contributed by atoms with Gasteiger partial charge in [0.15, 0.2) is 6.61 Å². The van der Waals surface area contributed by atoms with Gasteiger partial charge >= 0.3 is 0 Å². The van der Waals surface area contributed by atoms with Crippen LogP contribution in [0.3, 0.4) is 0 Å². The molecule has 2 aromatic rings. The molecule has 2 rings (SSSR count). The fourth-order valence-corrected chi connectivity index (χ4v) is 2.56. The SMILES string of the molecule is CCN(CC)c1ccc(C=NOCc2cccs2)cc1. The van der Waals surface area contributed by atoms with E-state index in [0.29, 0.717) is 6.61 Å². The zero-order valence-electron chi connectivity index (χ0n) is 12.0. The smallest absolute Gasteiger partial charge is 0.151 e. The molecule has 20 heavy (non-hydrogen) atoms. The molecule has 0 aliphatic carbocycles. The number of hydrogen-bond donors (Lipinski definition) is 0.